The standard InChI is InChI=1S/C10H12N4O.ClH/c1-6-15-9-8(1)7-12-10(13-9)14-4-2-11-3-5-14;/h1,6-7,11H,2-5H2;1H. The van der Waals surface area contributed by atoms with Gasteiger partial charge in [-0.2, -0.15) is 4.98 Å². The number of nitrogens with one attached hydrogen (secondary N) is 1. The van der Waals surface area contributed by atoms with E-state index in [9.17, 15) is 0 Å². The molecular formula is C10H13ClN4O. The first-order chi connectivity index (χ1) is 7.43. The van der Waals surface area contributed by atoms with Crippen LogP contribution in [0.1, 0.15) is 0 Å². The van der Waals surface area contributed by atoms with Gasteiger partial charge >= 0.3 is 0 Å². The van der Waals surface area contributed by atoms with E-state index in [1.807, 2.05) is 12.3 Å². The number of rotatable bonds is 1. The summed E-state index contributed by atoms with van der Waals surface area (Å²) < 4.78 is 5.26. The Bertz CT molecular complexity index is 467. The number of hydrogen-bond donors (Lipinski definition) is 1. The van der Waals surface area contributed by atoms with Crippen LogP contribution in [0.25, 0.3) is 11.1 Å². The third kappa shape index (κ3) is 1.96. The van der Waals surface area contributed by atoms with Gasteiger partial charge in [-0.1, -0.05) is 0 Å². The average Bonchev–Trinajstić information content (AvgIpc) is 2.77. The minimum absolute atomic E-state index is 0. The molecule has 1 N–H and O–H groups in total. The van der Waals surface area contributed by atoms with Gasteiger partial charge in [-0.25, -0.2) is 4.98 Å². The molecule has 0 unspecified atom stereocenters. The Balaban J connectivity index is 0.000000963. The van der Waals surface area contributed by atoms with Crippen molar-refractivity contribution >= 4 is 29.5 Å². The quantitative estimate of drug-likeness (QED) is 0.808. The number of anilines is 1. The Hall–Kier alpha value is -1.33. The highest BCUT2D eigenvalue weighted by Gasteiger charge is 2.13. The Kier molecular flexibility index (Phi) is 3.26. The zero-order valence-electron chi connectivity index (χ0n) is 8.72. The summed E-state index contributed by atoms with van der Waals surface area (Å²) in [5.41, 5.74) is 0.665. The third-order valence-electron chi connectivity index (χ3n) is 2.59. The predicted octanol–water partition coefficient (Wildman–Crippen LogP) is 1.05. The molecule has 0 spiro atoms. The molecule has 0 radical (unpaired) electrons. The molecule has 0 saturated carbocycles. The highest BCUT2D eigenvalue weighted by molar-refractivity contribution is 5.85. The Morgan fingerprint density at radius 2 is 2.12 bits per heavy atom. The second-order valence-electron chi connectivity index (χ2n) is 3.59. The number of fused-ring (bicyclic) bond motifs is 1. The van der Waals surface area contributed by atoms with Crippen LogP contribution in [0.2, 0.25) is 0 Å². The molecule has 1 aliphatic rings. The first-order valence-corrected chi connectivity index (χ1v) is 5.09. The van der Waals surface area contributed by atoms with E-state index in [0.29, 0.717) is 5.71 Å². The molecule has 1 fully saturated rings. The molecule has 16 heavy (non-hydrogen) atoms. The molecule has 1 saturated heterocycles. The second kappa shape index (κ2) is 4.67. The molecule has 0 bridgehead atoms. The summed E-state index contributed by atoms with van der Waals surface area (Å²) in [7, 11) is 0. The number of furan rings is 1. The molecular weight excluding hydrogens is 228 g/mol. The van der Waals surface area contributed by atoms with Gasteiger partial charge in [-0.3, -0.25) is 0 Å². The lowest BCUT2D eigenvalue weighted by Crippen LogP contribution is -2.44. The van der Waals surface area contributed by atoms with E-state index < -0.39 is 0 Å². The zero-order valence-corrected chi connectivity index (χ0v) is 9.54. The van der Waals surface area contributed by atoms with Crippen molar-refractivity contribution < 1.29 is 4.42 Å². The van der Waals surface area contributed by atoms with E-state index in [0.717, 1.165) is 37.5 Å². The minimum atomic E-state index is 0. The summed E-state index contributed by atoms with van der Waals surface area (Å²) in [5, 5.41) is 4.25. The van der Waals surface area contributed by atoms with Gasteiger partial charge in [0, 0.05) is 32.4 Å². The fourth-order valence-electron chi connectivity index (χ4n) is 1.76. The average molecular weight is 241 g/mol. The van der Waals surface area contributed by atoms with E-state index in [-0.39, 0.29) is 12.4 Å². The number of piperazine rings is 1. The van der Waals surface area contributed by atoms with Crippen molar-refractivity contribution in [2.24, 2.45) is 0 Å². The molecule has 6 heteroatoms. The smallest absolute Gasteiger partial charge is 0.230 e. The number of nitrogens with zero attached hydrogens (tertiary/aromatic N) is 3. The van der Waals surface area contributed by atoms with Gasteiger partial charge < -0.3 is 14.6 Å². The van der Waals surface area contributed by atoms with Crippen molar-refractivity contribution in [1.29, 1.82) is 0 Å². The van der Waals surface area contributed by atoms with Crippen LogP contribution < -0.4 is 10.2 Å². The fraction of sp³-hybridized carbons (Fsp3) is 0.400. The zero-order chi connectivity index (χ0) is 10.1. The summed E-state index contributed by atoms with van der Waals surface area (Å²) in [6.45, 7) is 3.87. The lowest BCUT2D eigenvalue weighted by Gasteiger charge is -2.26. The monoisotopic (exact) mass is 240 g/mol. The topological polar surface area (TPSA) is 54.2 Å². The van der Waals surface area contributed by atoms with Gasteiger partial charge in [0.05, 0.1) is 11.6 Å². The first-order valence-electron chi connectivity index (χ1n) is 5.09. The molecule has 86 valence electrons. The summed E-state index contributed by atoms with van der Waals surface area (Å²) in [4.78, 5) is 10.9. The maximum absolute atomic E-state index is 5.26. The number of aromatic nitrogens is 2. The summed E-state index contributed by atoms with van der Waals surface area (Å²) >= 11 is 0. The molecule has 2 aromatic heterocycles. The van der Waals surface area contributed by atoms with Crippen molar-refractivity contribution in [2.75, 3.05) is 31.1 Å². The normalized spacial score (nSPS) is 16.1. The largest absolute Gasteiger partial charge is 0.446 e. The highest BCUT2D eigenvalue weighted by atomic mass is 35.5. The lowest BCUT2D eigenvalue weighted by atomic mass is 10.4. The van der Waals surface area contributed by atoms with Gasteiger partial charge in [0.1, 0.15) is 0 Å². The summed E-state index contributed by atoms with van der Waals surface area (Å²) in [5.74, 6) is 0.763. The van der Waals surface area contributed by atoms with E-state index in [4.69, 9.17) is 4.42 Å². The molecule has 0 aromatic carbocycles. The Labute approximate surface area is 99.3 Å². The fourth-order valence-corrected chi connectivity index (χ4v) is 1.76. The second-order valence-corrected chi connectivity index (χ2v) is 3.59. The minimum Gasteiger partial charge on any atom is -0.446 e. The molecule has 0 amide bonds. The molecule has 2 aromatic rings. The lowest BCUT2D eigenvalue weighted by molar-refractivity contribution is 0.573. The van der Waals surface area contributed by atoms with Crippen molar-refractivity contribution in [3.8, 4) is 0 Å². The number of hydrogen-bond acceptors (Lipinski definition) is 5. The van der Waals surface area contributed by atoms with Gasteiger partial charge in [0.2, 0.25) is 11.7 Å². The van der Waals surface area contributed by atoms with Crippen LogP contribution in [0.5, 0.6) is 0 Å². The summed E-state index contributed by atoms with van der Waals surface area (Å²) in [6.07, 6.45) is 3.45. The Morgan fingerprint density at radius 1 is 1.31 bits per heavy atom. The van der Waals surface area contributed by atoms with Crippen molar-refractivity contribution in [2.45, 2.75) is 0 Å². The van der Waals surface area contributed by atoms with Crippen LogP contribution in [0, 0.1) is 0 Å². The van der Waals surface area contributed by atoms with Crippen molar-refractivity contribution in [1.82, 2.24) is 15.3 Å². The number of halogens is 1. The van der Waals surface area contributed by atoms with Crippen LogP contribution >= 0.6 is 12.4 Å². The van der Waals surface area contributed by atoms with E-state index >= 15 is 0 Å². The van der Waals surface area contributed by atoms with Crippen LogP contribution in [-0.4, -0.2) is 36.1 Å². The maximum Gasteiger partial charge on any atom is 0.230 e. The van der Waals surface area contributed by atoms with Crippen LogP contribution in [0.4, 0.5) is 5.95 Å². The van der Waals surface area contributed by atoms with Gasteiger partial charge in [0.25, 0.3) is 0 Å². The van der Waals surface area contributed by atoms with Crippen LogP contribution in [-0.2, 0) is 0 Å². The van der Waals surface area contributed by atoms with E-state index in [2.05, 4.69) is 20.2 Å². The van der Waals surface area contributed by atoms with Gasteiger partial charge in [-0.15, -0.1) is 12.4 Å². The van der Waals surface area contributed by atoms with Crippen LogP contribution in [0.3, 0.4) is 0 Å². The molecule has 5 nitrogen and oxygen atoms in total. The predicted molar refractivity (Wildman–Crippen MR) is 64.1 cm³/mol. The SMILES string of the molecule is Cl.c1cc2cnc(N3CCNCC3)nc2o1. The highest BCUT2D eigenvalue weighted by Crippen LogP contribution is 2.15. The third-order valence-corrected chi connectivity index (χ3v) is 2.59. The van der Waals surface area contributed by atoms with Gasteiger partial charge in [0.15, 0.2) is 0 Å². The molecule has 0 aliphatic carbocycles. The van der Waals surface area contributed by atoms with Crippen molar-refractivity contribution in [3.63, 3.8) is 0 Å². The summed E-state index contributed by atoms with van der Waals surface area (Å²) in [6, 6.07) is 1.87. The van der Waals surface area contributed by atoms with Crippen LogP contribution in [0.15, 0.2) is 22.9 Å². The molecule has 3 heterocycles. The molecule has 3 rings (SSSR count). The molecule has 1 aliphatic heterocycles. The van der Waals surface area contributed by atoms with E-state index in [1.165, 1.54) is 0 Å². The Morgan fingerprint density at radius 3 is 2.94 bits per heavy atom. The van der Waals surface area contributed by atoms with E-state index in [1.54, 1.807) is 6.26 Å². The first kappa shape index (κ1) is 11.2. The molecule has 0 atom stereocenters. The van der Waals surface area contributed by atoms with Gasteiger partial charge in [-0.05, 0) is 6.07 Å². The maximum atomic E-state index is 5.26. The van der Waals surface area contributed by atoms with Crippen molar-refractivity contribution in [3.05, 3.63) is 18.5 Å².